The molecule has 114 valence electrons. The van der Waals surface area contributed by atoms with Crippen LogP contribution in [0.5, 0.6) is 0 Å². The molecule has 0 saturated carbocycles. The van der Waals surface area contributed by atoms with Crippen LogP contribution in [-0.2, 0) is 0 Å². The molecule has 4 rings (SSSR count). The van der Waals surface area contributed by atoms with Crippen LogP contribution in [0.15, 0.2) is 85.2 Å². The van der Waals surface area contributed by atoms with Crippen molar-refractivity contribution >= 4 is 16.7 Å². The number of pyridine rings is 2. The quantitative estimate of drug-likeness (QED) is 0.522. The van der Waals surface area contributed by atoms with Crippen molar-refractivity contribution in [3.05, 3.63) is 96.3 Å². The molecule has 0 amide bonds. The van der Waals surface area contributed by atoms with E-state index in [0.717, 1.165) is 10.9 Å². The van der Waals surface area contributed by atoms with Gasteiger partial charge in [-0.1, -0.05) is 60.7 Å². The van der Waals surface area contributed by atoms with Crippen LogP contribution in [0.25, 0.3) is 22.2 Å². The minimum absolute atomic E-state index is 0.0637. The molecule has 2 heterocycles. The van der Waals surface area contributed by atoms with E-state index < -0.39 is 0 Å². The fourth-order valence-corrected chi connectivity index (χ4v) is 2.81. The number of hydrogen-bond donors (Lipinski definition) is 0. The highest BCUT2D eigenvalue weighted by Gasteiger charge is 2.20. The Morgan fingerprint density at radius 2 is 1.46 bits per heavy atom. The Morgan fingerprint density at radius 1 is 0.750 bits per heavy atom. The molecule has 0 fully saturated rings. The maximum Gasteiger partial charge on any atom is 0.197 e. The first-order valence-corrected chi connectivity index (χ1v) is 7.73. The fraction of sp³-hybridized carbons (Fsp3) is 0. The van der Waals surface area contributed by atoms with Crippen molar-refractivity contribution in [3.63, 3.8) is 0 Å². The highest BCUT2D eigenvalue weighted by Crippen LogP contribution is 2.28. The van der Waals surface area contributed by atoms with E-state index in [-0.39, 0.29) is 5.78 Å². The predicted octanol–water partition coefficient (Wildman–Crippen LogP) is 4.53. The number of hydrogen-bond acceptors (Lipinski definition) is 3. The molecular formula is C21H14N2O. The topological polar surface area (TPSA) is 42.9 Å². The zero-order valence-corrected chi connectivity index (χ0v) is 12.9. The summed E-state index contributed by atoms with van der Waals surface area (Å²) in [7, 11) is 0. The minimum Gasteiger partial charge on any atom is -0.288 e. The summed E-state index contributed by atoms with van der Waals surface area (Å²) in [6, 6.07) is 22.8. The molecule has 0 spiro atoms. The third-order valence-corrected chi connectivity index (χ3v) is 3.96. The van der Waals surface area contributed by atoms with E-state index in [1.165, 1.54) is 0 Å². The lowest BCUT2D eigenvalue weighted by molar-refractivity contribution is 0.104. The minimum atomic E-state index is -0.0637. The number of rotatable bonds is 3. The number of ketones is 1. The summed E-state index contributed by atoms with van der Waals surface area (Å²) in [5, 5.41) is 0.858. The van der Waals surface area contributed by atoms with E-state index >= 15 is 0 Å². The molecule has 0 radical (unpaired) electrons. The Bertz CT molecular complexity index is 1010. The van der Waals surface area contributed by atoms with Crippen molar-refractivity contribution in [2.45, 2.75) is 0 Å². The molecule has 0 bridgehead atoms. The molecule has 24 heavy (non-hydrogen) atoms. The molecule has 0 aliphatic carbocycles. The zero-order chi connectivity index (χ0) is 16.4. The highest BCUT2D eigenvalue weighted by atomic mass is 16.1. The van der Waals surface area contributed by atoms with Crippen molar-refractivity contribution in [3.8, 4) is 11.3 Å². The normalized spacial score (nSPS) is 10.7. The van der Waals surface area contributed by atoms with Gasteiger partial charge in [0.25, 0.3) is 0 Å². The molecule has 4 aromatic rings. The molecule has 0 aliphatic heterocycles. The standard InChI is InChI=1S/C21H14N2O/c24-21(16-10-5-2-6-11-16)18-19(15-8-3-1-4-9-15)23-14-17-12-7-13-22-20(17)18/h1-14H. The first-order valence-electron chi connectivity index (χ1n) is 7.73. The van der Waals surface area contributed by atoms with Crippen LogP contribution < -0.4 is 0 Å². The number of carbonyl (C=O) groups excluding carboxylic acids is 1. The van der Waals surface area contributed by atoms with Gasteiger partial charge in [0.2, 0.25) is 0 Å². The fourth-order valence-electron chi connectivity index (χ4n) is 2.81. The van der Waals surface area contributed by atoms with Crippen molar-refractivity contribution in [1.29, 1.82) is 0 Å². The third kappa shape index (κ3) is 2.46. The first kappa shape index (κ1) is 14.3. The van der Waals surface area contributed by atoms with Crippen molar-refractivity contribution in [1.82, 2.24) is 9.97 Å². The number of aromatic nitrogens is 2. The van der Waals surface area contributed by atoms with Gasteiger partial charge < -0.3 is 0 Å². The maximum absolute atomic E-state index is 13.2. The predicted molar refractivity (Wildman–Crippen MR) is 94.8 cm³/mol. The molecule has 3 nitrogen and oxygen atoms in total. The van der Waals surface area contributed by atoms with E-state index in [1.54, 1.807) is 12.4 Å². The summed E-state index contributed by atoms with van der Waals surface area (Å²) in [4.78, 5) is 22.2. The Hall–Kier alpha value is -3.33. The van der Waals surface area contributed by atoms with Crippen molar-refractivity contribution in [2.24, 2.45) is 0 Å². The monoisotopic (exact) mass is 310 g/mol. The van der Waals surface area contributed by atoms with Gasteiger partial charge in [-0.25, -0.2) is 0 Å². The second-order valence-electron chi connectivity index (χ2n) is 5.48. The van der Waals surface area contributed by atoms with Gasteiger partial charge in [-0.2, -0.15) is 0 Å². The third-order valence-electron chi connectivity index (χ3n) is 3.96. The van der Waals surface area contributed by atoms with Crippen LogP contribution in [0.1, 0.15) is 15.9 Å². The van der Waals surface area contributed by atoms with Gasteiger partial charge in [0, 0.05) is 28.9 Å². The average Bonchev–Trinajstić information content (AvgIpc) is 2.68. The summed E-state index contributed by atoms with van der Waals surface area (Å²) in [6.07, 6.45) is 3.48. The Morgan fingerprint density at radius 3 is 2.21 bits per heavy atom. The lowest BCUT2D eigenvalue weighted by Gasteiger charge is -2.11. The number of benzene rings is 2. The summed E-state index contributed by atoms with van der Waals surface area (Å²) in [6.45, 7) is 0. The molecule has 0 saturated heterocycles. The lowest BCUT2D eigenvalue weighted by Crippen LogP contribution is -2.07. The van der Waals surface area contributed by atoms with Gasteiger partial charge >= 0.3 is 0 Å². The molecule has 2 aromatic heterocycles. The van der Waals surface area contributed by atoms with Gasteiger partial charge in [-0.15, -0.1) is 0 Å². The Balaban J connectivity index is 2.02. The SMILES string of the molecule is O=C(c1ccccc1)c1c(-c2ccccc2)ncc2cccnc12. The summed E-state index contributed by atoms with van der Waals surface area (Å²) in [5.41, 5.74) is 3.43. The molecule has 0 atom stereocenters. The number of nitrogens with zero attached hydrogens (tertiary/aromatic N) is 2. The van der Waals surface area contributed by atoms with Gasteiger partial charge in [0.1, 0.15) is 0 Å². The molecule has 3 heteroatoms. The molecular weight excluding hydrogens is 296 g/mol. The Kier molecular flexibility index (Phi) is 3.60. The van der Waals surface area contributed by atoms with Crippen LogP contribution in [0.4, 0.5) is 0 Å². The second kappa shape index (κ2) is 6.05. The molecule has 0 aliphatic rings. The Labute approximate surface area is 139 Å². The summed E-state index contributed by atoms with van der Waals surface area (Å²) in [5.74, 6) is -0.0637. The molecule has 0 N–H and O–H groups in total. The van der Waals surface area contributed by atoms with E-state index in [1.807, 2.05) is 72.8 Å². The second-order valence-corrected chi connectivity index (χ2v) is 5.48. The summed E-state index contributed by atoms with van der Waals surface area (Å²) >= 11 is 0. The highest BCUT2D eigenvalue weighted by molar-refractivity contribution is 6.18. The van der Waals surface area contributed by atoms with Crippen LogP contribution >= 0.6 is 0 Å². The van der Waals surface area contributed by atoms with Gasteiger partial charge in [-0.05, 0) is 12.1 Å². The molecule has 2 aromatic carbocycles. The first-order chi connectivity index (χ1) is 11.8. The largest absolute Gasteiger partial charge is 0.288 e. The number of carbonyl (C=O) groups is 1. The van der Waals surface area contributed by atoms with Gasteiger partial charge in [0.15, 0.2) is 5.78 Å². The smallest absolute Gasteiger partial charge is 0.197 e. The van der Waals surface area contributed by atoms with Crippen LogP contribution in [0, 0.1) is 0 Å². The van der Waals surface area contributed by atoms with Crippen molar-refractivity contribution in [2.75, 3.05) is 0 Å². The number of fused-ring (bicyclic) bond motifs is 1. The van der Waals surface area contributed by atoms with Crippen LogP contribution in [0.3, 0.4) is 0 Å². The van der Waals surface area contributed by atoms with Crippen LogP contribution in [0.2, 0.25) is 0 Å². The van der Waals surface area contributed by atoms with Crippen LogP contribution in [-0.4, -0.2) is 15.8 Å². The molecule has 0 unspecified atom stereocenters. The van der Waals surface area contributed by atoms with E-state index in [4.69, 9.17) is 0 Å². The maximum atomic E-state index is 13.2. The van der Waals surface area contributed by atoms with Gasteiger partial charge in [0.05, 0.1) is 16.8 Å². The van der Waals surface area contributed by atoms with E-state index in [2.05, 4.69) is 9.97 Å². The lowest BCUT2D eigenvalue weighted by atomic mass is 9.96. The van der Waals surface area contributed by atoms with Gasteiger partial charge in [-0.3, -0.25) is 14.8 Å². The van der Waals surface area contributed by atoms with E-state index in [0.29, 0.717) is 22.3 Å². The zero-order valence-electron chi connectivity index (χ0n) is 12.9. The average molecular weight is 310 g/mol. The van der Waals surface area contributed by atoms with Crippen molar-refractivity contribution < 1.29 is 4.79 Å². The van der Waals surface area contributed by atoms with E-state index in [9.17, 15) is 4.79 Å². The summed E-state index contributed by atoms with van der Waals surface area (Å²) < 4.78 is 0.